The maximum atomic E-state index is 10.9. The van der Waals surface area contributed by atoms with Crippen LogP contribution in [0.2, 0.25) is 5.02 Å². The summed E-state index contributed by atoms with van der Waals surface area (Å²) < 4.78 is 0. The van der Waals surface area contributed by atoms with E-state index < -0.39 is 5.97 Å². The van der Waals surface area contributed by atoms with Crippen LogP contribution in [-0.4, -0.2) is 26.0 Å². The Kier molecular flexibility index (Phi) is 2.91. The number of H-pyrrole nitrogens is 1. The predicted molar refractivity (Wildman–Crippen MR) is 76.0 cm³/mol. The summed E-state index contributed by atoms with van der Waals surface area (Å²) in [5.74, 6) is -0.382. The van der Waals surface area contributed by atoms with Crippen LogP contribution >= 0.6 is 11.6 Å². The molecule has 1 aromatic carbocycles. The number of nitrogens with zero attached hydrogens (tertiary/aromatic N) is 2. The summed E-state index contributed by atoms with van der Waals surface area (Å²) in [5.41, 5.74) is 3.02. The molecule has 3 aromatic rings. The summed E-state index contributed by atoms with van der Waals surface area (Å²) in [5, 5.41) is 9.64. The Hall–Kier alpha value is -2.40. The Balaban J connectivity index is 2.12. The molecule has 2 heterocycles. The van der Waals surface area contributed by atoms with Crippen molar-refractivity contribution in [2.45, 2.75) is 6.92 Å². The predicted octanol–water partition coefficient (Wildman–Crippen LogP) is 3.28. The third-order valence-corrected chi connectivity index (χ3v) is 3.44. The molecule has 6 heteroatoms. The van der Waals surface area contributed by atoms with Gasteiger partial charge >= 0.3 is 5.97 Å². The van der Waals surface area contributed by atoms with Gasteiger partial charge in [-0.05, 0) is 36.8 Å². The smallest absolute Gasteiger partial charge is 0.337 e. The lowest BCUT2D eigenvalue weighted by atomic mass is 10.1. The molecule has 0 spiro atoms. The quantitative estimate of drug-likeness (QED) is 0.758. The van der Waals surface area contributed by atoms with E-state index in [9.17, 15) is 4.79 Å². The number of halogens is 1. The van der Waals surface area contributed by atoms with E-state index in [0.717, 1.165) is 11.1 Å². The lowest BCUT2D eigenvalue weighted by Crippen LogP contribution is -1.96. The van der Waals surface area contributed by atoms with E-state index in [4.69, 9.17) is 16.7 Å². The van der Waals surface area contributed by atoms with E-state index in [1.165, 1.54) is 12.3 Å². The molecule has 0 unspecified atom stereocenters. The maximum Gasteiger partial charge on any atom is 0.337 e. The number of hydrogen-bond acceptors (Lipinski definition) is 3. The van der Waals surface area contributed by atoms with Gasteiger partial charge in [0.25, 0.3) is 0 Å². The number of rotatable bonds is 2. The van der Waals surface area contributed by atoms with Gasteiger partial charge in [-0.25, -0.2) is 14.8 Å². The van der Waals surface area contributed by atoms with Gasteiger partial charge in [0, 0.05) is 16.8 Å². The molecule has 0 saturated carbocycles. The number of nitrogens with one attached hydrogen (secondary N) is 1. The van der Waals surface area contributed by atoms with Gasteiger partial charge in [0.2, 0.25) is 0 Å². The lowest BCUT2D eigenvalue weighted by Gasteiger charge is -2.00. The van der Waals surface area contributed by atoms with E-state index in [1.807, 2.05) is 19.1 Å². The van der Waals surface area contributed by atoms with Crippen LogP contribution in [0.15, 0.2) is 30.5 Å². The minimum atomic E-state index is -1.02. The Labute approximate surface area is 119 Å². The molecule has 0 atom stereocenters. The van der Waals surface area contributed by atoms with Crippen molar-refractivity contribution < 1.29 is 9.90 Å². The van der Waals surface area contributed by atoms with Crippen LogP contribution in [-0.2, 0) is 0 Å². The first-order valence-electron chi connectivity index (χ1n) is 5.90. The molecule has 0 bridgehead atoms. The number of benzene rings is 1. The molecule has 0 saturated heterocycles. The number of carboxylic acids is 1. The summed E-state index contributed by atoms with van der Waals surface area (Å²) in [6.45, 7) is 1.91. The van der Waals surface area contributed by atoms with E-state index >= 15 is 0 Å². The molecule has 2 N–H and O–H groups in total. The van der Waals surface area contributed by atoms with E-state index in [1.54, 1.807) is 6.07 Å². The summed E-state index contributed by atoms with van der Waals surface area (Å²) in [7, 11) is 0. The largest absolute Gasteiger partial charge is 0.478 e. The molecule has 0 amide bonds. The van der Waals surface area contributed by atoms with Crippen LogP contribution in [0.1, 0.15) is 15.9 Å². The molecule has 0 aliphatic carbocycles. The lowest BCUT2D eigenvalue weighted by molar-refractivity contribution is 0.0696. The van der Waals surface area contributed by atoms with Crippen LogP contribution in [0, 0.1) is 6.92 Å². The SMILES string of the molecule is Cc1cc(-c2nc3ncc(C(=O)O)cc3[nH]2)ccc1Cl. The van der Waals surface area contributed by atoms with E-state index in [0.29, 0.717) is 22.0 Å². The summed E-state index contributed by atoms with van der Waals surface area (Å²) >= 11 is 5.99. The third kappa shape index (κ3) is 2.12. The summed E-state index contributed by atoms with van der Waals surface area (Å²) in [6.07, 6.45) is 1.29. The highest BCUT2D eigenvalue weighted by atomic mass is 35.5. The fraction of sp³-hybridized carbons (Fsp3) is 0.0714. The van der Waals surface area contributed by atoms with Gasteiger partial charge in [-0.1, -0.05) is 11.6 Å². The highest BCUT2D eigenvalue weighted by molar-refractivity contribution is 6.31. The minimum Gasteiger partial charge on any atom is -0.478 e. The molecular weight excluding hydrogens is 278 g/mol. The fourth-order valence-corrected chi connectivity index (χ4v) is 2.06. The van der Waals surface area contributed by atoms with Gasteiger partial charge in [0.05, 0.1) is 11.1 Å². The number of aromatic carboxylic acids is 1. The van der Waals surface area contributed by atoms with Gasteiger partial charge in [-0.15, -0.1) is 0 Å². The number of aryl methyl sites for hydroxylation is 1. The Morgan fingerprint density at radius 1 is 1.35 bits per heavy atom. The number of aromatic nitrogens is 3. The zero-order valence-electron chi connectivity index (χ0n) is 10.5. The average Bonchev–Trinajstić information content (AvgIpc) is 2.84. The number of imidazole rings is 1. The highest BCUT2D eigenvalue weighted by Gasteiger charge is 2.10. The first-order valence-corrected chi connectivity index (χ1v) is 6.28. The molecule has 20 heavy (non-hydrogen) atoms. The zero-order valence-corrected chi connectivity index (χ0v) is 11.3. The molecule has 3 rings (SSSR count). The van der Waals surface area contributed by atoms with Gasteiger partial charge in [-0.3, -0.25) is 0 Å². The van der Waals surface area contributed by atoms with Gasteiger partial charge in [0.1, 0.15) is 5.82 Å². The van der Waals surface area contributed by atoms with Crippen molar-refractivity contribution in [2.75, 3.05) is 0 Å². The Morgan fingerprint density at radius 3 is 2.85 bits per heavy atom. The molecule has 5 nitrogen and oxygen atoms in total. The number of aromatic amines is 1. The van der Waals surface area contributed by atoms with Crippen molar-refractivity contribution in [1.29, 1.82) is 0 Å². The molecule has 0 aliphatic rings. The monoisotopic (exact) mass is 287 g/mol. The van der Waals surface area contributed by atoms with Crippen molar-refractivity contribution in [3.63, 3.8) is 0 Å². The Morgan fingerprint density at radius 2 is 2.15 bits per heavy atom. The third-order valence-electron chi connectivity index (χ3n) is 3.02. The van der Waals surface area contributed by atoms with E-state index in [-0.39, 0.29) is 5.56 Å². The molecule has 0 radical (unpaired) electrons. The average molecular weight is 288 g/mol. The number of carbonyl (C=O) groups is 1. The minimum absolute atomic E-state index is 0.125. The number of pyridine rings is 1. The first-order chi connectivity index (χ1) is 9.54. The molecule has 2 aromatic heterocycles. The maximum absolute atomic E-state index is 10.9. The molecule has 0 aliphatic heterocycles. The van der Waals surface area contributed by atoms with Gasteiger partial charge < -0.3 is 10.1 Å². The normalized spacial score (nSPS) is 10.9. The second-order valence-electron chi connectivity index (χ2n) is 4.45. The summed E-state index contributed by atoms with van der Waals surface area (Å²) in [6, 6.07) is 7.09. The van der Waals surface area contributed by atoms with E-state index in [2.05, 4.69) is 15.0 Å². The van der Waals surface area contributed by atoms with Crippen LogP contribution in [0.3, 0.4) is 0 Å². The number of hydrogen-bond donors (Lipinski definition) is 2. The van der Waals surface area contributed by atoms with Crippen molar-refractivity contribution >= 4 is 28.7 Å². The molecule has 0 fully saturated rings. The number of carboxylic acid groups (broad SMARTS) is 1. The van der Waals surface area contributed by atoms with Crippen molar-refractivity contribution in [3.8, 4) is 11.4 Å². The molecular formula is C14H10ClN3O2. The van der Waals surface area contributed by atoms with Crippen LogP contribution in [0.5, 0.6) is 0 Å². The van der Waals surface area contributed by atoms with Crippen molar-refractivity contribution in [3.05, 3.63) is 46.6 Å². The second-order valence-corrected chi connectivity index (χ2v) is 4.86. The highest BCUT2D eigenvalue weighted by Crippen LogP contribution is 2.24. The van der Waals surface area contributed by atoms with Gasteiger partial charge in [0.15, 0.2) is 5.65 Å². The van der Waals surface area contributed by atoms with Crippen molar-refractivity contribution in [2.24, 2.45) is 0 Å². The Bertz CT molecular complexity index is 826. The second kappa shape index (κ2) is 4.61. The van der Waals surface area contributed by atoms with Crippen LogP contribution < -0.4 is 0 Å². The fourth-order valence-electron chi connectivity index (χ4n) is 1.95. The zero-order chi connectivity index (χ0) is 14.3. The summed E-state index contributed by atoms with van der Waals surface area (Å²) in [4.78, 5) is 22.4. The first kappa shape index (κ1) is 12.6. The number of fused-ring (bicyclic) bond motifs is 1. The van der Waals surface area contributed by atoms with Crippen LogP contribution in [0.25, 0.3) is 22.6 Å². The topological polar surface area (TPSA) is 78.9 Å². The van der Waals surface area contributed by atoms with Crippen molar-refractivity contribution in [1.82, 2.24) is 15.0 Å². The molecule has 100 valence electrons. The standard InChI is InChI=1S/C14H10ClN3O2/c1-7-4-8(2-3-10(7)15)12-17-11-5-9(14(19)20)6-16-13(11)18-12/h2-6H,1H3,(H,19,20)(H,16,17,18). The van der Waals surface area contributed by atoms with Crippen LogP contribution in [0.4, 0.5) is 0 Å². The van der Waals surface area contributed by atoms with Gasteiger partial charge in [-0.2, -0.15) is 0 Å².